The lowest BCUT2D eigenvalue weighted by molar-refractivity contribution is -0.138. The summed E-state index contributed by atoms with van der Waals surface area (Å²) in [6.07, 6.45) is 3.13. The summed E-state index contributed by atoms with van der Waals surface area (Å²) in [5.41, 5.74) is 0. The Labute approximate surface area is 105 Å². The van der Waals surface area contributed by atoms with Crippen LogP contribution in [-0.4, -0.2) is 37.8 Å². The first-order valence-corrected chi connectivity index (χ1v) is 5.82. The van der Waals surface area contributed by atoms with Crippen LogP contribution in [0.4, 0.5) is 0 Å². The van der Waals surface area contributed by atoms with E-state index in [1.165, 1.54) is 12.7 Å². The number of carboxylic acid groups (broad SMARTS) is 1. The van der Waals surface area contributed by atoms with Crippen LogP contribution in [0.3, 0.4) is 0 Å². The number of carboxylic acids is 1. The van der Waals surface area contributed by atoms with Crippen LogP contribution in [0.2, 0.25) is 0 Å². The van der Waals surface area contributed by atoms with E-state index in [0.717, 1.165) is 0 Å². The number of rotatable bonds is 7. The fourth-order valence-electron chi connectivity index (χ4n) is 1.48. The number of amides is 1. The Morgan fingerprint density at radius 1 is 1.44 bits per heavy atom. The average Bonchev–Trinajstić information content (AvgIpc) is 2.77. The van der Waals surface area contributed by atoms with Gasteiger partial charge in [-0.15, -0.1) is 0 Å². The molecule has 100 valence electrons. The lowest BCUT2D eigenvalue weighted by Gasteiger charge is -2.20. The second-order valence-electron chi connectivity index (χ2n) is 4.42. The molecule has 0 aliphatic carbocycles. The van der Waals surface area contributed by atoms with Crippen LogP contribution >= 0.6 is 0 Å². The van der Waals surface area contributed by atoms with E-state index in [9.17, 15) is 9.59 Å². The standard InChI is InChI=1S/C11H18N4O3/c1-8(2)9(5-11(17)18)14-10(16)3-4-15-7-12-6-13-15/h6-9H,3-5H2,1-2H3,(H,14,16)(H,17,18). The van der Waals surface area contributed by atoms with Gasteiger partial charge in [0, 0.05) is 12.5 Å². The maximum atomic E-state index is 11.7. The van der Waals surface area contributed by atoms with Crippen LogP contribution in [0.15, 0.2) is 12.7 Å². The summed E-state index contributed by atoms with van der Waals surface area (Å²) < 4.78 is 1.56. The molecule has 18 heavy (non-hydrogen) atoms. The third-order valence-corrected chi connectivity index (χ3v) is 2.58. The van der Waals surface area contributed by atoms with E-state index in [4.69, 9.17) is 5.11 Å². The van der Waals surface area contributed by atoms with Gasteiger partial charge in [0.15, 0.2) is 0 Å². The quantitative estimate of drug-likeness (QED) is 0.728. The Morgan fingerprint density at radius 3 is 2.67 bits per heavy atom. The molecule has 1 aromatic rings. The first-order valence-electron chi connectivity index (χ1n) is 5.82. The third-order valence-electron chi connectivity index (χ3n) is 2.58. The van der Waals surface area contributed by atoms with E-state index < -0.39 is 5.97 Å². The van der Waals surface area contributed by atoms with Crippen molar-refractivity contribution >= 4 is 11.9 Å². The first kappa shape index (κ1) is 14.1. The summed E-state index contributed by atoms with van der Waals surface area (Å²) in [4.78, 5) is 26.1. The Kier molecular flexibility index (Phi) is 5.29. The fourth-order valence-corrected chi connectivity index (χ4v) is 1.48. The second kappa shape index (κ2) is 6.73. The van der Waals surface area contributed by atoms with Crippen LogP contribution in [0.1, 0.15) is 26.7 Å². The number of hydrogen-bond acceptors (Lipinski definition) is 4. The van der Waals surface area contributed by atoms with Crippen molar-refractivity contribution in [2.24, 2.45) is 5.92 Å². The predicted octanol–water partition coefficient (Wildman–Crippen LogP) is 0.284. The summed E-state index contributed by atoms with van der Waals surface area (Å²) in [6, 6.07) is -0.342. The maximum absolute atomic E-state index is 11.7. The van der Waals surface area contributed by atoms with Crippen molar-refractivity contribution in [2.45, 2.75) is 39.3 Å². The highest BCUT2D eigenvalue weighted by molar-refractivity contribution is 5.77. The molecule has 1 aromatic heterocycles. The molecule has 1 heterocycles. The lowest BCUT2D eigenvalue weighted by atomic mass is 10.0. The minimum atomic E-state index is -0.912. The van der Waals surface area contributed by atoms with Crippen molar-refractivity contribution < 1.29 is 14.7 Å². The monoisotopic (exact) mass is 254 g/mol. The zero-order valence-corrected chi connectivity index (χ0v) is 10.5. The third kappa shape index (κ3) is 4.94. The summed E-state index contributed by atoms with van der Waals surface area (Å²) in [7, 11) is 0. The molecule has 1 unspecified atom stereocenters. The molecule has 0 aromatic carbocycles. The minimum Gasteiger partial charge on any atom is -0.481 e. The van der Waals surface area contributed by atoms with E-state index in [-0.39, 0.29) is 30.7 Å². The molecule has 1 amide bonds. The van der Waals surface area contributed by atoms with Gasteiger partial charge in [-0.1, -0.05) is 13.8 Å². The van der Waals surface area contributed by atoms with E-state index in [2.05, 4.69) is 15.4 Å². The lowest BCUT2D eigenvalue weighted by Crippen LogP contribution is -2.40. The van der Waals surface area contributed by atoms with Crippen LogP contribution in [0.5, 0.6) is 0 Å². The molecule has 7 heteroatoms. The van der Waals surface area contributed by atoms with Gasteiger partial charge >= 0.3 is 5.97 Å². The van der Waals surface area contributed by atoms with Gasteiger partial charge in [-0.3, -0.25) is 14.3 Å². The van der Waals surface area contributed by atoms with E-state index >= 15 is 0 Å². The van der Waals surface area contributed by atoms with Crippen molar-refractivity contribution in [1.29, 1.82) is 0 Å². The van der Waals surface area contributed by atoms with Crippen LogP contribution in [0, 0.1) is 5.92 Å². The Hall–Kier alpha value is -1.92. The van der Waals surface area contributed by atoms with Crippen molar-refractivity contribution in [2.75, 3.05) is 0 Å². The number of nitrogens with zero attached hydrogens (tertiary/aromatic N) is 3. The zero-order valence-electron chi connectivity index (χ0n) is 10.5. The number of aromatic nitrogens is 3. The highest BCUT2D eigenvalue weighted by Crippen LogP contribution is 2.06. The van der Waals surface area contributed by atoms with Crippen LogP contribution in [-0.2, 0) is 16.1 Å². The predicted molar refractivity (Wildman–Crippen MR) is 63.7 cm³/mol. The normalized spacial score (nSPS) is 12.4. The molecule has 1 atom stereocenters. The molecule has 0 saturated carbocycles. The molecule has 0 spiro atoms. The summed E-state index contributed by atoms with van der Waals surface area (Å²) in [5.74, 6) is -1.01. The molecular formula is C11H18N4O3. The van der Waals surface area contributed by atoms with Crippen molar-refractivity contribution in [1.82, 2.24) is 20.1 Å². The number of hydrogen-bond donors (Lipinski definition) is 2. The molecule has 2 N–H and O–H groups in total. The Bertz CT molecular complexity index is 389. The Morgan fingerprint density at radius 2 is 2.17 bits per heavy atom. The van der Waals surface area contributed by atoms with Gasteiger partial charge in [-0.25, -0.2) is 4.98 Å². The number of carbonyl (C=O) groups excluding carboxylic acids is 1. The molecule has 0 fully saturated rings. The molecule has 1 rings (SSSR count). The van der Waals surface area contributed by atoms with Gasteiger partial charge in [-0.2, -0.15) is 5.10 Å². The average molecular weight is 254 g/mol. The minimum absolute atomic E-state index is 0.0628. The van der Waals surface area contributed by atoms with Gasteiger partial charge in [0.2, 0.25) is 5.91 Å². The van der Waals surface area contributed by atoms with E-state index in [1.54, 1.807) is 4.68 Å². The molecule has 0 aliphatic heterocycles. The maximum Gasteiger partial charge on any atom is 0.305 e. The van der Waals surface area contributed by atoms with Crippen LogP contribution in [0.25, 0.3) is 0 Å². The number of aliphatic carboxylic acids is 1. The van der Waals surface area contributed by atoms with Gasteiger partial charge < -0.3 is 10.4 Å². The fraction of sp³-hybridized carbons (Fsp3) is 0.636. The molecule has 7 nitrogen and oxygen atoms in total. The van der Waals surface area contributed by atoms with Crippen molar-refractivity contribution in [3.05, 3.63) is 12.7 Å². The number of carbonyl (C=O) groups is 2. The zero-order chi connectivity index (χ0) is 13.5. The van der Waals surface area contributed by atoms with Crippen molar-refractivity contribution in [3.8, 4) is 0 Å². The smallest absolute Gasteiger partial charge is 0.305 e. The molecule has 0 bridgehead atoms. The van der Waals surface area contributed by atoms with E-state index in [0.29, 0.717) is 6.54 Å². The molecule has 0 saturated heterocycles. The second-order valence-corrected chi connectivity index (χ2v) is 4.42. The number of aryl methyl sites for hydroxylation is 1. The van der Waals surface area contributed by atoms with E-state index in [1.807, 2.05) is 13.8 Å². The topological polar surface area (TPSA) is 97.1 Å². The summed E-state index contributed by atoms with van der Waals surface area (Å²) in [6.45, 7) is 4.19. The molecule has 0 radical (unpaired) electrons. The molecule has 0 aliphatic rings. The summed E-state index contributed by atoms with van der Waals surface area (Å²) >= 11 is 0. The SMILES string of the molecule is CC(C)C(CC(=O)O)NC(=O)CCn1cncn1. The number of nitrogens with one attached hydrogen (secondary N) is 1. The highest BCUT2D eigenvalue weighted by atomic mass is 16.4. The largest absolute Gasteiger partial charge is 0.481 e. The summed E-state index contributed by atoms with van der Waals surface area (Å²) in [5, 5.41) is 15.4. The van der Waals surface area contributed by atoms with Gasteiger partial charge in [0.1, 0.15) is 12.7 Å². The van der Waals surface area contributed by atoms with Gasteiger partial charge in [0.25, 0.3) is 0 Å². The molecular weight excluding hydrogens is 236 g/mol. The van der Waals surface area contributed by atoms with Crippen LogP contribution < -0.4 is 5.32 Å². The highest BCUT2D eigenvalue weighted by Gasteiger charge is 2.19. The van der Waals surface area contributed by atoms with Gasteiger partial charge in [-0.05, 0) is 5.92 Å². The van der Waals surface area contributed by atoms with Gasteiger partial charge in [0.05, 0.1) is 13.0 Å². The van der Waals surface area contributed by atoms with Crippen molar-refractivity contribution in [3.63, 3.8) is 0 Å². The Balaban J connectivity index is 2.38. The first-order chi connectivity index (χ1) is 8.49.